The average Bonchev–Trinajstić information content (AvgIpc) is 2.78. The van der Waals surface area contributed by atoms with Crippen molar-refractivity contribution >= 4 is 22.6 Å². The maximum absolute atomic E-state index is 11.0. The van der Waals surface area contributed by atoms with Crippen LogP contribution in [0.5, 0.6) is 0 Å². The van der Waals surface area contributed by atoms with E-state index in [0.29, 0.717) is 5.69 Å². The van der Waals surface area contributed by atoms with E-state index in [1.807, 2.05) is 0 Å². The molecule has 0 aliphatic heterocycles. The maximum Gasteiger partial charge on any atom is 0.194 e. The van der Waals surface area contributed by atoms with E-state index >= 15 is 0 Å². The van der Waals surface area contributed by atoms with Crippen molar-refractivity contribution in [2.75, 3.05) is 0 Å². The Labute approximate surface area is 98.1 Å². The van der Waals surface area contributed by atoms with Gasteiger partial charge in [0.15, 0.2) is 11.2 Å². The summed E-state index contributed by atoms with van der Waals surface area (Å²) in [5, 5.41) is 0. The van der Waals surface area contributed by atoms with Crippen molar-refractivity contribution < 1.29 is 4.79 Å². The molecule has 0 spiro atoms. The van der Waals surface area contributed by atoms with Crippen LogP contribution in [0.15, 0.2) is 6.20 Å². The zero-order chi connectivity index (χ0) is 11.0. The second-order valence-electron chi connectivity index (χ2n) is 4.31. The second kappa shape index (κ2) is 4.01. The van der Waals surface area contributed by atoms with Crippen molar-refractivity contribution in [3.63, 3.8) is 0 Å². The molecule has 1 aliphatic rings. The lowest BCUT2D eigenvalue weighted by Gasteiger charge is -2.09. The Kier molecular flexibility index (Phi) is 2.52. The summed E-state index contributed by atoms with van der Waals surface area (Å²) in [6.07, 6.45) is 9.97. The summed E-state index contributed by atoms with van der Waals surface area (Å²) in [5.74, 6) is 0. The fraction of sp³-hybridized carbons (Fsp3) is 0.500. The largest absolute Gasteiger partial charge is 0.296 e. The minimum atomic E-state index is 0.702. The second-order valence-corrected chi connectivity index (χ2v) is 5.37. The van der Waals surface area contributed by atoms with Crippen LogP contribution < -0.4 is 0 Å². The molecule has 1 aliphatic carbocycles. The summed E-state index contributed by atoms with van der Waals surface area (Å²) in [5.41, 5.74) is 2.03. The molecule has 4 heteroatoms. The first-order valence-electron chi connectivity index (χ1n) is 5.83. The van der Waals surface area contributed by atoms with Crippen LogP contribution >= 0.6 is 11.3 Å². The summed E-state index contributed by atoms with van der Waals surface area (Å²) < 4.78 is 2.05. The molecule has 0 saturated carbocycles. The molecule has 0 radical (unpaired) electrons. The number of hydrogen-bond acceptors (Lipinski definition) is 3. The first kappa shape index (κ1) is 10.0. The third-order valence-corrected chi connectivity index (χ3v) is 4.41. The van der Waals surface area contributed by atoms with Crippen LogP contribution in [-0.4, -0.2) is 15.7 Å². The highest BCUT2D eigenvalue weighted by molar-refractivity contribution is 7.17. The van der Waals surface area contributed by atoms with Crippen LogP contribution in [0.2, 0.25) is 0 Å². The fourth-order valence-corrected chi connectivity index (χ4v) is 3.64. The summed E-state index contributed by atoms with van der Waals surface area (Å²) in [6.45, 7) is 0. The zero-order valence-electron chi connectivity index (χ0n) is 9.11. The smallest absolute Gasteiger partial charge is 0.194 e. The Bertz CT molecular complexity index is 526. The molecule has 0 atom stereocenters. The average molecular weight is 234 g/mol. The van der Waals surface area contributed by atoms with Gasteiger partial charge in [0.2, 0.25) is 0 Å². The zero-order valence-corrected chi connectivity index (χ0v) is 9.92. The first-order chi connectivity index (χ1) is 7.90. The molecule has 0 fully saturated rings. The number of thiazole rings is 1. The molecule has 2 aromatic rings. The third-order valence-electron chi connectivity index (χ3n) is 3.25. The Hall–Kier alpha value is -1.16. The number of aldehydes is 1. The van der Waals surface area contributed by atoms with Crippen molar-refractivity contribution in [2.24, 2.45) is 0 Å². The molecule has 3 rings (SSSR count). The fourth-order valence-electron chi connectivity index (χ4n) is 2.45. The van der Waals surface area contributed by atoms with Gasteiger partial charge in [0.1, 0.15) is 5.69 Å². The van der Waals surface area contributed by atoms with Crippen LogP contribution in [-0.2, 0) is 12.8 Å². The highest BCUT2D eigenvalue weighted by atomic mass is 32.1. The molecule has 16 heavy (non-hydrogen) atoms. The molecule has 2 aromatic heterocycles. The monoisotopic (exact) mass is 234 g/mol. The van der Waals surface area contributed by atoms with E-state index in [0.717, 1.165) is 24.1 Å². The van der Waals surface area contributed by atoms with Crippen molar-refractivity contribution in [3.05, 3.63) is 22.5 Å². The number of rotatable bonds is 1. The van der Waals surface area contributed by atoms with Crippen LogP contribution in [0.3, 0.4) is 0 Å². The third kappa shape index (κ3) is 1.48. The molecule has 0 N–H and O–H groups in total. The van der Waals surface area contributed by atoms with Gasteiger partial charge in [-0.15, -0.1) is 11.3 Å². The predicted octanol–water partition coefficient (Wildman–Crippen LogP) is 2.87. The Balaban J connectivity index is 2.18. The van der Waals surface area contributed by atoms with E-state index < -0.39 is 0 Å². The van der Waals surface area contributed by atoms with Gasteiger partial charge in [-0.05, 0) is 25.7 Å². The minimum Gasteiger partial charge on any atom is -0.296 e. The molecule has 0 aromatic carbocycles. The number of carbonyl (C=O) groups is 1. The molecule has 84 valence electrons. The van der Waals surface area contributed by atoms with Gasteiger partial charge in [0.25, 0.3) is 0 Å². The lowest BCUT2D eigenvalue weighted by Crippen LogP contribution is -2.02. The first-order valence-corrected chi connectivity index (χ1v) is 6.65. The highest BCUT2D eigenvalue weighted by Gasteiger charge is 2.16. The van der Waals surface area contributed by atoms with Gasteiger partial charge >= 0.3 is 0 Å². The Morgan fingerprint density at radius 3 is 2.88 bits per heavy atom. The van der Waals surface area contributed by atoms with E-state index in [1.165, 1.54) is 36.3 Å². The Morgan fingerprint density at radius 1 is 1.25 bits per heavy atom. The van der Waals surface area contributed by atoms with Crippen molar-refractivity contribution in [1.29, 1.82) is 0 Å². The van der Waals surface area contributed by atoms with Gasteiger partial charge in [-0.2, -0.15) is 0 Å². The summed E-state index contributed by atoms with van der Waals surface area (Å²) in [7, 11) is 0. The summed E-state index contributed by atoms with van der Waals surface area (Å²) in [4.78, 5) is 17.7. The molecule has 2 heterocycles. The van der Waals surface area contributed by atoms with Crippen molar-refractivity contribution in [1.82, 2.24) is 9.38 Å². The predicted molar refractivity (Wildman–Crippen MR) is 64.3 cm³/mol. The van der Waals surface area contributed by atoms with Crippen LogP contribution in [0.25, 0.3) is 4.96 Å². The number of hydrogen-bond donors (Lipinski definition) is 0. The Morgan fingerprint density at radius 2 is 2.06 bits per heavy atom. The number of aromatic nitrogens is 2. The van der Waals surface area contributed by atoms with E-state index in [-0.39, 0.29) is 0 Å². The lowest BCUT2D eigenvalue weighted by molar-refractivity contribution is 0.111. The molecule has 0 unspecified atom stereocenters. The van der Waals surface area contributed by atoms with E-state index in [1.54, 1.807) is 17.5 Å². The molecular formula is C12H14N2OS. The van der Waals surface area contributed by atoms with E-state index in [9.17, 15) is 4.79 Å². The van der Waals surface area contributed by atoms with Gasteiger partial charge < -0.3 is 0 Å². The SMILES string of the molecule is O=Cc1cnc2sc3c(n12)CCCCCC3. The van der Waals surface area contributed by atoms with Gasteiger partial charge in [0, 0.05) is 10.6 Å². The summed E-state index contributed by atoms with van der Waals surface area (Å²) >= 11 is 1.75. The van der Waals surface area contributed by atoms with Gasteiger partial charge in [-0.3, -0.25) is 9.20 Å². The van der Waals surface area contributed by atoms with Crippen molar-refractivity contribution in [2.45, 2.75) is 38.5 Å². The minimum absolute atomic E-state index is 0.702. The van der Waals surface area contributed by atoms with Crippen LogP contribution in [0, 0.1) is 0 Å². The molecule has 0 saturated heterocycles. The standard InChI is InChI=1S/C12H14N2OS/c15-8-9-7-13-12-14(9)10-5-3-1-2-4-6-11(10)16-12/h7-8H,1-6H2. The number of carbonyl (C=O) groups excluding carboxylic acids is 1. The number of imidazole rings is 1. The number of aryl methyl sites for hydroxylation is 2. The van der Waals surface area contributed by atoms with E-state index in [2.05, 4.69) is 9.38 Å². The van der Waals surface area contributed by atoms with Gasteiger partial charge in [0.05, 0.1) is 6.20 Å². The van der Waals surface area contributed by atoms with E-state index in [4.69, 9.17) is 0 Å². The van der Waals surface area contributed by atoms with Gasteiger partial charge in [-0.1, -0.05) is 12.8 Å². The summed E-state index contributed by atoms with van der Waals surface area (Å²) in [6, 6.07) is 0. The lowest BCUT2D eigenvalue weighted by atomic mass is 10.0. The normalized spacial score (nSPS) is 16.8. The molecule has 0 amide bonds. The van der Waals surface area contributed by atoms with Crippen molar-refractivity contribution in [3.8, 4) is 0 Å². The number of nitrogens with zero attached hydrogens (tertiary/aromatic N) is 2. The molecule has 3 nitrogen and oxygen atoms in total. The van der Waals surface area contributed by atoms with Crippen LogP contribution in [0.1, 0.15) is 46.7 Å². The van der Waals surface area contributed by atoms with Crippen LogP contribution in [0.4, 0.5) is 0 Å². The maximum atomic E-state index is 11.0. The molecule has 0 bridgehead atoms. The molecular weight excluding hydrogens is 220 g/mol. The highest BCUT2D eigenvalue weighted by Crippen LogP contribution is 2.29. The van der Waals surface area contributed by atoms with Gasteiger partial charge in [-0.25, -0.2) is 4.98 Å². The quantitative estimate of drug-likeness (QED) is 0.711. The number of fused-ring (bicyclic) bond motifs is 3. The topological polar surface area (TPSA) is 34.4 Å².